The van der Waals surface area contributed by atoms with Crippen molar-refractivity contribution in [3.8, 4) is 0 Å². The van der Waals surface area contributed by atoms with Gasteiger partial charge in [-0.1, -0.05) is 30.3 Å². The Labute approximate surface area is 170 Å². The molecule has 7 nitrogen and oxygen atoms in total. The first-order valence-electron chi connectivity index (χ1n) is 10.2. The summed E-state index contributed by atoms with van der Waals surface area (Å²) in [4.78, 5) is 26.9. The van der Waals surface area contributed by atoms with Crippen LogP contribution in [0.3, 0.4) is 0 Å². The number of carbonyl (C=O) groups excluding carboxylic acids is 1. The monoisotopic (exact) mass is 397 g/mol. The predicted molar refractivity (Wildman–Crippen MR) is 107 cm³/mol. The quantitative estimate of drug-likeness (QED) is 0.858. The van der Waals surface area contributed by atoms with Gasteiger partial charge in [-0.3, -0.25) is 9.48 Å². The van der Waals surface area contributed by atoms with Crippen molar-refractivity contribution < 1.29 is 19.4 Å². The van der Waals surface area contributed by atoms with Gasteiger partial charge < -0.3 is 14.7 Å². The molecule has 4 rings (SSSR count). The maximum atomic E-state index is 13.6. The summed E-state index contributed by atoms with van der Waals surface area (Å²) in [7, 11) is 0. The van der Waals surface area contributed by atoms with Crippen molar-refractivity contribution in [3.05, 3.63) is 53.3 Å². The zero-order valence-corrected chi connectivity index (χ0v) is 16.7. The summed E-state index contributed by atoms with van der Waals surface area (Å²) < 4.78 is 7.38. The van der Waals surface area contributed by atoms with Crippen LogP contribution in [0.5, 0.6) is 0 Å². The van der Waals surface area contributed by atoms with Gasteiger partial charge in [0.05, 0.1) is 23.3 Å². The fraction of sp³-hybridized carbons (Fsp3) is 0.500. The minimum atomic E-state index is -0.953. The first-order chi connectivity index (χ1) is 14.0. The van der Waals surface area contributed by atoms with E-state index in [1.165, 1.54) is 6.20 Å². The van der Waals surface area contributed by atoms with Gasteiger partial charge in [0.2, 0.25) is 5.91 Å². The second-order valence-electron chi connectivity index (χ2n) is 7.98. The number of ether oxygens (including phenoxy) is 1. The van der Waals surface area contributed by atoms with Crippen LogP contribution in [-0.2, 0) is 14.9 Å². The normalized spacial score (nSPS) is 19.8. The molecule has 0 atom stereocenters. The summed E-state index contributed by atoms with van der Waals surface area (Å²) in [5.74, 6) is -0.764. The maximum absolute atomic E-state index is 13.6. The van der Waals surface area contributed by atoms with Crippen LogP contribution < -0.4 is 0 Å². The highest BCUT2D eigenvalue weighted by Gasteiger charge is 2.44. The van der Waals surface area contributed by atoms with Crippen molar-refractivity contribution in [1.82, 2.24) is 14.7 Å². The minimum Gasteiger partial charge on any atom is -0.478 e. The van der Waals surface area contributed by atoms with Gasteiger partial charge in [-0.15, -0.1) is 0 Å². The van der Waals surface area contributed by atoms with Gasteiger partial charge in [0.1, 0.15) is 5.56 Å². The molecule has 0 unspecified atom stereocenters. The van der Waals surface area contributed by atoms with Crippen molar-refractivity contribution in [2.75, 3.05) is 26.3 Å². The second kappa shape index (κ2) is 7.99. The van der Waals surface area contributed by atoms with E-state index in [9.17, 15) is 14.7 Å². The lowest BCUT2D eigenvalue weighted by Gasteiger charge is -2.42. The molecule has 0 saturated carbocycles. The number of benzene rings is 1. The molecule has 0 bridgehead atoms. The lowest BCUT2D eigenvalue weighted by atomic mass is 9.72. The van der Waals surface area contributed by atoms with Gasteiger partial charge in [0, 0.05) is 26.3 Å². The number of likely N-dealkylation sites (tertiary alicyclic amines) is 1. The number of amides is 1. The lowest BCUT2D eigenvalue weighted by molar-refractivity contribution is -0.142. The van der Waals surface area contributed by atoms with Crippen LogP contribution in [0.2, 0.25) is 0 Å². The van der Waals surface area contributed by atoms with E-state index in [1.807, 2.05) is 27.8 Å². The van der Waals surface area contributed by atoms with Gasteiger partial charge in [-0.05, 0) is 38.2 Å². The number of aromatic carboxylic acids is 1. The summed E-state index contributed by atoms with van der Waals surface area (Å²) in [6.45, 7) is 4.30. The van der Waals surface area contributed by atoms with E-state index in [-0.39, 0.29) is 17.5 Å². The first-order valence-corrected chi connectivity index (χ1v) is 10.2. The van der Waals surface area contributed by atoms with Crippen LogP contribution in [0.25, 0.3) is 0 Å². The molecule has 2 aliphatic heterocycles. The molecule has 3 heterocycles. The Balaban J connectivity index is 1.50. The summed E-state index contributed by atoms with van der Waals surface area (Å²) in [6, 6.07) is 10.2. The van der Waals surface area contributed by atoms with E-state index in [2.05, 4.69) is 17.2 Å². The number of carboxylic acid groups (broad SMARTS) is 1. The van der Waals surface area contributed by atoms with Crippen molar-refractivity contribution in [1.29, 1.82) is 0 Å². The summed E-state index contributed by atoms with van der Waals surface area (Å²) >= 11 is 0. The van der Waals surface area contributed by atoms with Gasteiger partial charge >= 0.3 is 5.97 Å². The van der Waals surface area contributed by atoms with Gasteiger partial charge in [-0.25, -0.2) is 4.79 Å². The van der Waals surface area contributed by atoms with Crippen molar-refractivity contribution in [2.45, 2.75) is 44.1 Å². The molecule has 0 radical (unpaired) electrons. The molecule has 29 heavy (non-hydrogen) atoms. The van der Waals surface area contributed by atoms with E-state index < -0.39 is 11.4 Å². The van der Waals surface area contributed by atoms with Crippen molar-refractivity contribution >= 4 is 11.9 Å². The first kappa shape index (κ1) is 19.6. The Hall–Kier alpha value is -2.67. The van der Waals surface area contributed by atoms with Crippen molar-refractivity contribution in [3.63, 3.8) is 0 Å². The Kier molecular flexibility index (Phi) is 5.41. The Morgan fingerprint density at radius 2 is 1.79 bits per heavy atom. The highest BCUT2D eigenvalue weighted by molar-refractivity contribution is 5.89. The second-order valence-corrected chi connectivity index (χ2v) is 7.98. The number of carbonyl (C=O) groups is 2. The van der Waals surface area contributed by atoms with Gasteiger partial charge in [-0.2, -0.15) is 5.10 Å². The smallest absolute Gasteiger partial charge is 0.339 e. The van der Waals surface area contributed by atoms with E-state index in [4.69, 9.17) is 4.74 Å². The van der Waals surface area contributed by atoms with E-state index in [1.54, 1.807) is 6.92 Å². The van der Waals surface area contributed by atoms with Gasteiger partial charge in [0.25, 0.3) is 0 Å². The molecule has 1 amide bonds. The SMILES string of the molecule is Cc1c(C(=O)O)cnn1C1CCN(C(=O)C2(c3ccccc3)CCOCC2)CC1. The largest absolute Gasteiger partial charge is 0.478 e. The zero-order chi connectivity index (χ0) is 20.4. The highest BCUT2D eigenvalue weighted by atomic mass is 16.5. The molecule has 2 aliphatic rings. The van der Waals surface area contributed by atoms with E-state index in [0.717, 1.165) is 18.4 Å². The van der Waals surface area contributed by atoms with Crippen LogP contribution >= 0.6 is 0 Å². The van der Waals surface area contributed by atoms with E-state index >= 15 is 0 Å². The molecule has 7 heteroatoms. The highest BCUT2D eigenvalue weighted by Crippen LogP contribution is 2.38. The molecule has 1 aromatic heterocycles. The molecule has 0 aliphatic carbocycles. The lowest BCUT2D eigenvalue weighted by Crippen LogP contribution is -2.52. The molecular formula is C22H27N3O4. The fourth-order valence-corrected chi connectivity index (χ4v) is 4.72. The molecule has 154 valence electrons. The predicted octanol–water partition coefficient (Wildman–Crippen LogP) is 2.80. The van der Waals surface area contributed by atoms with E-state index in [0.29, 0.717) is 44.8 Å². The summed E-state index contributed by atoms with van der Waals surface area (Å²) in [5.41, 5.74) is 1.48. The van der Waals surface area contributed by atoms with Gasteiger partial charge in [0.15, 0.2) is 0 Å². The van der Waals surface area contributed by atoms with Crippen LogP contribution in [0.4, 0.5) is 0 Å². The van der Waals surface area contributed by atoms with Crippen LogP contribution in [-0.4, -0.2) is 58.0 Å². The number of carboxylic acids is 1. The number of hydrogen-bond acceptors (Lipinski definition) is 4. The third kappa shape index (κ3) is 3.55. The molecule has 2 fully saturated rings. The van der Waals surface area contributed by atoms with Crippen molar-refractivity contribution in [2.24, 2.45) is 0 Å². The van der Waals surface area contributed by atoms with Crippen LogP contribution in [0.1, 0.15) is 53.3 Å². The third-order valence-corrected chi connectivity index (χ3v) is 6.45. The average Bonchev–Trinajstić information content (AvgIpc) is 3.16. The number of hydrogen-bond donors (Lipinski definition) is 1. The third-order valence-electron chi connectivity index (χ3n) is 6.45. The number of nitrogens with zero attached hydrogens (tertiary/aromatic N) is 3. The topological polar surface area (TPSA) is 84.7 Å². The number of aromatic nitrogens is 2. The average molecular weight is 397 g/mol. The zero-order valence-electron chi connectivity index (χ0n) is 16.7. The Bertz CT molecular complexity index is 879. The number of rotatable bonds is 4. The molecule has 1 aromatic carbocycles. The Morgan fingerprint density at radius 1 is 1.14 bits per heavy atom. The maximum Gasteiger partial charge on any atom is 0.339 e. The minimum absolute atomic E-state index is 0.120. The molecule has 2 aromatic rings. The molecular weight excluding hydrogens is 370 g/mol. The standard InChI is InChI=1S/C22H27N3O4/c1-16-19(20(26)27)15-23-25(16)18-7-11-24(12-8-18)21(28)22(9-13-29-14-10-22)17-5-3-2-4-6-17/h2-6,15,18H,7-14H2,1H3,(H,26,27). The molecule has 2 saturated heterocycles. The summed E-state index contributed by atoms with van der Waals surface area (Å²) in [6.07, 6.45) is 4.37. The molecule has 1 N–H and O–H groups in total. The summed E-state index contributed by atoms with van der Waals surface area (Å²) in [5, 5.41) is 13.6. The van der Waals surface area contributed by atoms with Crippen LogP contribution in [0.15, 0.2) is 36.5 Å². The number of piperidine rings is 1. The molecule has 0 spiro atoms. The van der Waals surface area contributed by atoms with Crippen LogP contribution in [0, 0.1) is 6.92 Å². The Morgan fingerprint density at radius 3 is 2.38 bits per heavy atom. The fourth-order valence-electron chi connectivity index (χ4n) is 4.72.